The third-order valence-corrected chi connectivity index (χ3v) is 1.20. The highest BCUT2D eigenvalue weighted by molar-refractivity contribution is 5.06. The van der Waals surface area contributed by atoms with E-state index in [0.717, 1.165) is 11.4 Å². The first-order chi connectivity index (χ1) is 4.86. The van der Waals surface area contributed by atoms with E-state index < -0.39 is 0 Å². The van der Waals surface area contributed by atoms with E-state index in [4.69, 9.17) is 11.5 Å². The fourth-order valence-corrected chi connectivity index (χ4v) is 0.667. The summed E-state index contributed by atoms with van der Waals surface area (Å²) < 4.78 is 0. The number of nitrogens with zero attached hydrogens (tertiary/aromatic N) is 2. The van der Waals surface area contributed by atoms with Crippen molar-refractivity contribution in [3.05, 3.63) is 23.8 Å². The van der Waals surface area contributed by atoms with Gasteiger partial charge in [-0.2, -0.15) is 0 Å². The summed E-state index contributed by atoms with van der Waals surface area (Å²) in [6.07, 6.45) is 1.48. The van der Waals surface area contributed by atoms with Gasteiger partial charge in [0, 0.05) is 13.1 Å². The van der Waals surface area contributed by atoms with Crippen LogP contribution in [0.5, 0.6) is 0 Å². The second kappa shape index (κ2) is 3.24. The molecule has 0 aromatic carbocycles. The maximum atomic E-state index is 5.34. The van der Waals surface area contributed by atoms with Crippen LogP contribution in [-0.4, -0.2) is 9.97 Å². The largest absolute Gasteiger partial charge is 0.325 e. The molecule has 1 rings (SSSR count). The first-order valence-electron chi connectivity index (χ1n) is 3.06. The Hall–Kier alpha value is -1.00. The Labute approximate surface area is 59.3 Å². The topological polar surface area (TPSA) is 77.8 Å². The van der Waals surface area contributed by atoms with Crippen LogP contribution >= 0.6 is 0 Å². The van der Waals surface area contributed by atoms with E-state index in [1.54, 1.807) is 6.07 Å². The first-order valence-corrected chi connectivity index (χ1v) is 3.06. The lowest BCUT2D eigenvalue weighted by Gasteiger charge is -1.96. The van der Waals surface area contributed by atoms with Gasteiger partial charge in [-0.25, -0.2) is 9.97 Å². The summed E-state index contributed by atoms with van der Waals surface area (Å²) in [5.41, 5.74) is 12.3. The summed E-state index contributed by atoms with van der Waals surface area (Å²) in [7, 11) is 0. The van der Waals surface area contributed by atoms with Crippen molar-refractivity contribution in [2.45, 2.75) is 13.1 Å². The van der Waals surface area contributed by atoms with Crippen molar-refractivity contribution < 1.29 is 0 Å². The number of nitrogens with two attached hydrogens (primary N) is 2. The van der Waals surface area contributed by atoms with Crippen molar-refractivity contribution in [1.29, 1.82) is 0 Å². The highest BCUT2D eigenvalue weighted by atomic mass is 14.9. The van der Waals surface area contributed by atoms with Crippen LogP contribution in [0.2, 0.25) is 0 Å². The van der Waals surface area contributed by atoms with Crippen molar-refractivity contribution >= 4 is 0 Å². The zero-order valence-corrected chi connectivity index (χ0v) is 5.62. The molecule has 0 radical (unpaired) electrons. The maximum absolute atomic E-state index is 5.34. The molecule has 4 N–H and O–H groups in total. The monoisotopic (exact) mass is 138 g/mol. The fraction of sp³-hybridized carbons (Fsp3) is 0.333. The normalized spacial score (nSPS) is 9.80. The van der Waals surface area contributed by atoms with E-state index in [0.29, 0.717) is 13.1 Å². The van der Waals surface area contributed by atoms with Crippen molar-refractivity contribution in [2.24, 2.45) is 11.5 Å². The summed E-state index contributed by atoms with van der Waals surface area (Å²) in [5, 5.41) is 0. The number of hydrogen-bond donors (Lipinski definition) is 2. The molecule has 0 saturated carbocycles. The van der Waals surface area contributed by atoms with Gasteiger partial charge in [0.05, 0.1) is 11.4 Å². The van der Waals surface area contributed by atoms with Crippen molar-refractivity contribution in [3.8, 4) is 0 Å². The summed E-state index contributed by atoms with van der Waals surface area (Å²) in [5.74, 6) is 0. The molecule has 0 amide bonds. The maximum Gasteiger partial charge on any atom is 0.116 e. The Bertz CT molecular complexity index is 191. The Morgan fingerprint density at radius 2 is 1.60 bits per heavy atom. The van der Waals surface area contributed by atoms with Crippen LogP contribution in [0.4, 0.5) is 0 Å². The number of rotatable bonds is 2. The lowest BCUT2D eigenvalue weighted by Crippen LogP contribution is -2.04. The van der Waals surface area contributed by atoms with Crippen LogP contribution < -0.4 is 11.5 Å². The van der Waals surface area contributed by atoms with E-state index >= 15 is 0 Å². The molecule has 10 heavy (non-hydrogen) atoms. The van der Waals surface area contributed by atoms with Crippen LogP contribution in [0.25, 0.3) is 0 Å². The predicted octanol–water partition coefficient (Wildman–Crippen LogP) is -0.606. The smallest absolute Gasteiger partial charge is 0.116 e. The minimum atomic E-state index is 0.440. The molecule has 0 atom stereocenters. The Morgan fingerprint density at radius 1 is 1.10 bits per heavy atom. The number of hydrogen-bond acceptors (Lipinski definition) is 4. The Morgan fingerprint density at radius 3 is 2.00 bits per heavy atom. The van der Waals surface area contributed by atoms with Gasteiger partial charge in [0.25, 0.3) is 0 Å². The molecule has 1 aromatic heterocycles. The molecule has 0 aliphatic heterocycles. The van der Waals surface area contributed by atoms with E-state index in [1.807, 2.05) is 0 Å². The minimum absolute atomic E-state index is 0.440. The third-order valence-electron chi connectivity index (χ3n) is 1.20. The first kappa shape index (κ1) is 7.11. The molecule has 54 valence electrons. The molecular weight excluding hydrogens is 128 g/mol. The van der Waals surface area contributed by atoms with E-state index in [1.165, 1.54) is 6.33 Å². The van der Waals surface area contributed by atoms with E-state index in [2.05, 4.69) is 9.97 Å². The van der Waals surface area contributed by atoms with Gasteiger partial charge in [-0.05, 0) is 6.07 Å². The molecule has 1 heterocycles. The second-order valence-electron chi connectivity index (χ2n) is 1.91. The summed E-state index contributed by atoms with van der Waals surface area (Å²) in [6.45, 7) is 0.880. The quantitative estimate of drug-likeness (QED) is 0.571. The molecule has 0 aliphatic rings. The molecule has 0 spiro atoms. The van der Waals surface area contributed by atoms with Gasteiger partial charge in [0.15, 0.2) is 0 Å². The van der Waals surface area contributed by atoms with Crippen molar-refractivity contribution in [2.75, 3.05) is 0 Å². The van der Waals surface area contributed by atoms with E-state index in [9.17, 15) is 0 Å². The average molecular weight is 138 g/mol. The highest BCUT2D eigenvalue weighted by Gasteiger charge is 1.92. The van der Waals surface area contributed by atoms with Crippen LogP contribution in [-0.2, 0) is 13.1 Å². The SMILES string of the molecule is NCc1cc(CN)ncn1. The van der Waals surface area contributed by atoms with Gasteiger partial charge >= 0.3 is 0 Å². The second-order valence-corrected chi connectivity index (χ2v) is 1.91. The van der Waals surface area contributed by atoms with Crippen LogP contribution in [0, 0.1) is 0 Å². The molecule has 4 nitrogen and oxygen atoms in total. The lowest BCUT2D eigenvalue weighted by atomic mass is 10.3. The Kier molecular flexibility index (Phi) is 2.30. The molecule has 0 unspecified atom stereocenters. The van der Waals surface area contributed by atoms with Crippen LogP contribution in [0.1, 0.15) is 11.4 Å². The van der Waals surface area contributed by atoms with E-state index in [-0.39, 0.29) is 0 Å². The van der Waals surface area contributed by atoms with Crippen molar-refractivity contribution in [1.82, 2.24) is 9.97 Å². The molecular formula is C6H10N4. The summed E-state index contributed by atoms with van der Waals surface area (Å²) >= 11 is 0. The standard InChI is InChI=1S/C6H10N4/c7-2-5-1-6(3-8)10-4-9-5/h1,4H,2-3,7-8H2. The summed E-state index contributed by atoms with van der Waals surface area (Å²) in [6, 6.07) is 1.81. The zero-order chi connectivity index (χ0) is 7.40. The minimum Gasteiger partial charge on any atom is -0.325 e. The number of aromatic nitrogens is 2. The molecule has 0 bridgehead atoms. The highest BCUT2D eigenvalue weighted by Crippen LogP contribution is 1.94. The van der Waals surface area contributed by atoms with Gasteiger partial charge in [-0.1, -0.05) is 0 Å². The molecule has 0 fully saturated rings. The average Bonchev–Trinajstić information content (AvgIpc) is 2.05. The van der Waals surface area contributed by atoms with Gasteiger partial charge in [0.1, 0.15) is 6.33 Å². The summed E-state index contributed by atoms with van der Waals surface area (Å²) in [4.78, 5) is 7.83. The van der Waals surface area contributed by atoms with Gasteiger partial charge in [-0.3, -0.25) is 0 Å². The van der Waals surface area contributed by atoms with Crippen LogP contribution in [0.15, 0.2) is 12.4 Å². The zero-order valence-electron chi connectivity index (χ0n) is 5.62. The predicted molar refractivity (Wildman–Crippen MR) is 37.8 cm³/mol. The van der Waals surface area contributed by atoms with Crippen molar-refractivity contribution in [3.63, 3.8) is 0 Å². The third kappa shape index (κ3) is 1.49. The molecule has 0 saturated heterocycles. The fourth-order valence-electron chi connectivity index (χ4n) is 0.667. The van der Waals surface area contributed by atoms with Gasteiger partial charge in [0.2, 0.25) is 0 Å². The Balaban J connectivity index is 2.87. The van der Waals surface area contributed by atoms with Gasteiger partial charge in [-0.15, -0.1) is 0 Å². The van der Waals surface area contributed by atoms with Crippen LogP contribution in [0.3, 0.4) is 0 Å². The molecule has 0 aliphatic carbocycles. The lowest BCUT2D eigenvalue weighted by molar-refractivity contribution is 0.904. The van der Waals surface area contributed by atoms with Gasteiger partial charge < -0.3 is 11.5 Å². The molecule has 1 aromatic rings. The molecule has 4 heteroatoms.